The molecular formula is C17H21N3O. The average molecular weight is 283 g/mol. The lowest BCUT2D eigenvalue weighted by Crippen LogP contribution is -2.41. The van der Waals surface area contributed by atoms with E-state index < -0.39 is 0 Å². The number of nitrogens with zero attached hydrogens (tertiary/aromatic N) is 2. The third-order valence-electron chi connectivity index (χ3n) is 5.04. The maximum Gasteiger partial charge on any atom is 0.233 e. The molecule has 4 rings (SSSR count). The number of rotatable bonds is 3. The SMILES string of the molecule is CC1(c2nc(C3(c4ccccc4)CC3)no2)CCCNC1. The van der Waals surface area contributed by atoms with Crippen LogP contribution in [-0.2, 0) is 10.8 Å². The molecule has 1 unspecified atom stereocenters. The highest BCUT2D eigenvalue weighted by molar-refractivity contribution is 5.38. The molecule has 1 aromatic heterocycles. The molecule has 1 saturated carbocycles. The molecule has 2 heterocycles. The molecule has 1 N–H and O–H groups in total. The van der Waals surface area contributed by atoms with Gasteiger partial charge in [-0.05, 0) is 44.7 Å². The summed E-state index contributed by atoms with van der Waals surface area (Å²) in [6, 6.07) is 10.6. The summed E-state index contributed by atoms with van der Waals surface area (Å²) in [7, 11) is 0. The Hall–Kier alpha value is -1.68. The molecule has 2 aliphatic rings. The molecule has 2 fully saturated rings. The summed E-state index contributed by atoms with van der Waals surface area (Å²) in [5.74, 6) is 1.67. The van der Waals surface area contributed by atoms with E-state index in [0.29, 0.717) is 0 Å². The van der Waals surface area contributed by atoms with Crippen molar-refractivity contribution in [1.29, 1.82) is 0 Å². The molecular weight excluding hydrogens is 262 g/mol. The van der Waals surface area contributed by atoms with Gasteiger partial charge in [-0.1, -0.05) is 35.5 Å². The Labute approximate surface area is 124 Å². The van der Waals surface area contributed by atoms with Gasteiger partial charge in [0.1, 0.15) is 0 Å². The lowest BCUT2D eigenvalue weighted by atomic mass is 9.82. The second-order valence-electron chi connectivity index (χ2n) is 6.71. The van der Waals surface area contributed by atoms with E-state index in [0.717, 1.165) is 50.5 Å². The topological polar surface area (TPSA) is 51.0 Å². The Morgan fingerprint density at radius 3 is 2.62 bits per heavy atom. The molecule has 0 spiro atoms. The van der Waals surface area contributed by atoms with Gasteiger partial charge in [-0.15, -0.1) is 0 Å². The van der Waals surface area contributed by atoms with E-state index in [4.69, 9.17) is 9.51 Å². The minimum atomic E-state index is -0.0176. The quantitative estimate of drug-likeness (QED) is 0.941. The summed E-state index contributed by atoms with van der Waals surface area (Å²) in [6.45, 7) is 4.23. The zero-order valence-corrected chi connectivity index (χ0v) is 12.4. The Kier molecular flexibility index (Phi) is 2.89. The van der Waals surface area contributed by atoms with Crippen molar-refractivity contribution in [2.75, 3.05) is 13.1 Å². The van der Waals surface area contributed by atoms with Crippen LogP contribution >= 0.6 is 0 Å². The van der Waals surface area contributed by atoms with Crippen molar-refractivity contribution >= 4 is 0 Å². The molecule has 110 valence electrons. The van der Waals surface area contributed by atoms with Gasteiger partial charge < -0.3 is 9.84 Å². The number of hydrogen-bond acceptors (Lipinski definition) is 4. The highest BCUT2D eigenvalue weighted by Gasteiger charge is 2.50. The first-order valence-corrected chi connectivity index (χ1v) is 7.84. The van der Waals surface area contributed by atoms with Crippen molar-refractivity contribution < 1.29 is 4.52 Å². The largest absolute Gasteiger partial charge is 0.339 e. The standard InChI is InChI=1S/C17H21N3O/c1-16(8-5-11-18-12-16)15-19-14(20-21-15)17(9-10-17)13-6-3-2-4-7-13/h2-4,6-7,18H,5,8-12H2,1H3. The van der Waals surface area contributed by atoms with Gasteiger partial charge in [0.15, 0.2) is 5.82 Å². The van der Waals surface area contributed by atoms with E-state index in [2.05, 4.69) is 47.7 Å². The van der Waals surface area contributed by atoms with Crippen LogP contribution in [0.25, 0.3) is 0 Å². The van der Waals surface area contributed by atoms with Gasteiger partial charge in [-0.3, -0.25) is 0 Å². The van der Waals surface area contributed by atoms with E-state index >= 15 is 0 Å². The van der Waals surface area contributed by atoms with Crippen LogP contribution in [0.1, 0.15) is 49.9 Å². The minimum absolute atomic E-state index is 0.00145. The molecule has 1 aliphatic carbocycles. The Morgan fingerprint density at radius 2 is 1.95 bits per heavy atom. The van der Waals surface area contributed by atoms with Gasteiger partial charge in [-0.25, -0.2) is 0 Å². The molecule has 0 amide bonds. The summed E-state index contributed by atoms with van der Waals surface area (Å²) in [4.78, 5) is 4.80. The maximum absolute atomic E-state index is 5.65. The van der Waals surface area contributed by atoms with Gasteiger partial charge in [0.2, 0.25) is 5.89 Å². The second kappa shape index (κ2) is 4.67. The van der Waals surface area contributed by atoms with Crippen LogP contribution in [-0.4, -0.2) is 23.2 Å². The van der Waals surface area contributed by atoms with E-state index in [1.807, 2.05) is 0 Å². The molecule has 0 bridgehead atoms. The normalized spacial score (nSPS) is 27.5. The first-order valence-electron chi connectivity index (χ1n) is 7.84. The third kappa shape index (κ3) is 2.09. The van der Waals surface area contributed by atoms with Gasteiger partial charge in [0.25, 0.3) is 0 Å². The summed E-state index contributed by atoms with van der Waals surface area (Å²) >= 11 is 0. The lowest BCUT2D eigenvalue weighted by molar-refractivity contribution is 0.244. The molecule has 2 aromatic rings. The molecule has 21 heavy (non-hydrogen) atoms. The van der Waals surface area contributed by atoms with Crippen molar-refractivity contribution in [2.45, 2.75) is 43.4 Å². The molecule has 4 heteroatoms. The molecule has 0 radical (unpaired) electrons. The number of piperidine rings is 1. The van der Waals surface area contributed by atoms with Gasteiger partial charge in [0, 0.05) is 6.54 Å². The minimum Gasteiger partial charge on any atom is -0.339 e. The zero-order chi connectivity index (χ0) is 14.3. The first-order chi connectivity index (χ1) is 10.2. The van der Waals surface area contributed by atoms with Crippen LogP contribution in [0.2, 0.25) is 0 Å². The van der Waals surface area contributed by atoms with Crippen molar-refractivity contribution in [1.82, 2.24) is 15.5 Å². The Bertz CT molecular complexity index is 624. The van der Waals surface area contributed by atoms with Crippen molar-refractivity contribution in [3.05, 3.63) is 47.6 Å². The lowest BCUT2D eigenvalue weighted by Gasteiger charge is -2.30. The first kappa shape index (κ1) is 13.0. The molecule has 1 aliphatic heterocycles. The van der Waals surface area contributed by atoms with Gasteiger partial charge in [-0.2, -0.15) is 4.98 Å². The highest BCUT2D eigenvalue weighted by Crippen LogP contribution is 2.52. The van der Waals surface area contributed by atoms with Gasteiger partial charge in [0.05, 0.1) is 10.8 Å². The van der Waals surface area contributed by atoms with E-state index in [1.165, 1.54) is 5.56 Å². The van der Waals surface area contributed by atoms with E-state index in [9.17, 15) is 0 Å². The number of benzene rings is 1. The fraction of sp³-hybridized carbons (Fsp3) is 0.529. The van der Waals surface area contributed by atoms with Crippen molar-refractivity contribution in [3.8, 4) is 0 Å². The van der Waals surface area contributed by atoms with Crippen LogP contribution in [0.3, 0.4) is 0 Å². The maximum atomic E-state index is 5.65. The fourth-order valence-electron chi connectivity index (χ4n) is 3.43. The Balaban J connectivity index is 1.66. The smallest absolute Gasteiger partial charge is 0.233 e. The fourth-order valence-corrected chi connectivity index (χ4v) is 3.43. The number of aromatic nitrogens is 2. The summed E-state index contributed by atoms with van der Waals surface area (Å²) in [6.07, 6.45) is 4.51. The van der Waals surface area contributed by atoms with Crippen LogP contribution in [0.4, 0.5) is 0 Å². The summed E-state index contributed by atoms with van der Waals surface area (Å²) < 4.78 is 5.65. The van der Waals surface area contributed by atoms with E-state index in [1.54, 1.807) is 0 Å². The van der Waals surface area contributed by atoms with Crippen LogP contribution in [0, 0.1) is 0 Å². The number of hydrogen-bond donors (Lipinski definition) is 1. The predicted octanol–water partition coefficient (Wildman–Crippen LogP) is 2.79. The third-order valence-corrected chi connectivity index (χ3v) is 5.04. The van der Waals surface area contributed by atoms with Gasteiger partial charge >= 0.3 is 0 Å². The monoisotopic (exact) mass is 283 g/mol. The zero-order valence-electron chi connectivity index (χ0n) is 12.4. The second-order valence-corrected chi connectivity index (χ2v) is 6.71. The molecule has 1 atom stereocenters. The van der Waals surface area contributed by atoms with Crippen LogP contribution in [0.5, 0.6) is 0 Å². The Morgan fingerprint density at radius 1 is 1.14 bits per heavy atom. The summed E-state index contributed by atoms with van der Waals surface area (Å²) in [5, 5.41) is 7.77. The number of nitrogens with one attached hydrogen (secondary N) is 1. The molecule has 1 saturated heterocycles. The highest BCUT2D eigenvalue weighted by atomic mass is 16.5. The molecule has 1 aromatic carbocycles. The van der Waals surface area contributed by atoms with Crippen LogP contribution < -0.4 is 5.32 Å². The predicted molar refractivity (Wildman–Crippen MR) is 80.2 cm³/mol. The average Bonchev–Trinajstić information content (AvgIpc) is 3.18. The van der Waals surface area contributed by atoms with Crippen molar-refractivity contribution in [2.24, 2.45) is 0 Å². The van der Waals surface area contributed by atoms with Crippen LogP contribution in [0.15, 0.2) is 34.9 Å². The summed E-state index contributed by atoms with van der Waals surface area (Å²) in [5.41, 5.74) is 1.29. The molecule has 4 nitrogen and oxygen atoms in total. The van der Waals surface area contributed by atoms with E-state index in [-0.39, 0.29) is 10.8 Å². The van der Waals surface area contributed by atoms with Crippen molar-refractivity contribution in [3.63, 3.8) is 0 Å².